The quantitative estimate of drug-likeness (QED) is 0.0709. The van der Waals surface area contributed by atoms with Crippen LogP contribution in [-0.4, -0.2) is 68.7 Å². The number of aldehydes is 2. The van der Waals surface area contributed by atoms with Crippen LogP contribution in [0.2, 0.25) is 0 Å². The van der Waals surface area contributed by atoms with Crippen molar-refractivity contribution in [2.24, 2.45) is 0 Å². The SMILES string of the molecule is O=CC(=O)NC(=S)[S-].O=CC(=O)NC(=S)[S-].S=C(S)NN1CCOCC1.[O]=[Mo+2]=[O]. The molecular formula is C11H14MoN4O7S6. The van der Waals surface area contributed by atoms with Gasteiger partial charge in [-0.2, -0.15) is 0 Å². The Morgan fingerprint density at radius 2 is 1.31 bits per heavy atom. The van der Waals surface area contributed by atoms with Gasteiger partial charge >= 0.3 is 25.3 Å². The summed E-state index contributed by atoms with van der Waals surface area (Å²) < 4.78 is 22.4. The second-order valence-corrected chi connectivity index (χ2v) is 7.52. The number of carbonyl (C=O) groups excluding carboxylic acids is 4. The second-order valence-electron chi connectivity index (χ2n) is 3.87. The number of rotatable bonds is 3. The molecule has 29 heavy (non-hydrogen) atoms. The number of hydrazine groups is 1. The number of hydrogen-bond acceptors (Lipinski definition) is 13. The number of thiocarbonyl (C=S) groups is 3. The minimum atomic E-state index is -2.03. The molecule has 0 spiro atoms. The molecule has 0 aromatic carbocycles. The molecule has 162 valence electrons. The Kier molecular flexibility index (Phi) is 26.9. The molecule has 0 bridgehead atoms. The Morgan fingerprint density at radius 3 is 1.52 bits per heavy atom. The number of morpholine rings is 1. The molecule has 0 saturated carbocycles. The first kappa shape index (κ1) is 33.0. The number of hydrogen-bond donors (Lipinski definition) is 4. The number of amides is 2. The van der Waals surface area contributed by atoms with Crippen LogP contribution in [0.5, 0.6) is 0 Å². The van der Waals surface area contributed by atoms with Gasteiger partial charge in [-0.1, -0.05) is 20.9 Å². The third kappa shape index (κ3) is 32.2. The van der Waals surface area contributed by atoms with Gasteiger partial charge in [0, 0.05) is 13.1 Å². The molecule has 0 aromatic rings. The summed E-state index contributed by atoms with van der Waals surface area (Å²) >= 11 is 23.7. The molecule has 0 atom stereocenters. The van der Waals surface area contributed by atoms with Crippen molar-refractivity contribution in [3.63, 3.8) is 0 Å². The monoisotopic (exact) mass is 604 g/mol. The van der Waals surface area contributed by atoms with Crippen molar-refractivity contribution in [2.75, 3.05) is 26.3 Å². The van der Waals surface area contributed by atoms with E-state index >= 15 is 0 Å². The molecule has 1 saturated heterocycles. The van der Waals surface area contributed by atoms with Crippen LogP contribution in [0, 0.1) is 0 Å². The number of nitrogens with zero attached hydrogens (tertiary/aromatic N) is 1. The fraction of sp³-hybridized carbons (Fsp3) is 0.364. The van der Waals surface area contributed by atoms with Crippen LogP contribution in [-0.2, 0) is 74.5 Å². The average molecular weight is 603 g/mol. The maximum atomic E-state index is 9.99. The molecule has 1 aliphatic rings. The van der Waals surface area contributed by atoms with Gasteiger partial charge in [-0.15, -0.1) is 12.6 Å². The van der Waals surface area contributed by atoms with Crippen molar-refractivity contribution < 1.29 is 49.2 Å². The van der Waals surface area contributed by atoms with E-state index in [9.17, 15) is 19.2 Å². The number of nitrogens with one attached hydrogen (secondary N) is 3. The van der Waals surface area contributed by atoms with E-state index in [1.165, 1.54) is 0 Å². The van der Waals surface area contributed by atoms with Gasteiger partial charge in [-0.3, -0.25) is 19.2 Å². The first-order chi connectivity index (χ1) is 13.5. The van der Waals surface area contributed by atoms with Crippen molar-refractivity contribution in [3.8, 4) is 0 Å². The third-order valence-corrected chi connectivity index (χ3v) is 2.53. The molecule has 0 unspecified atom stereocenters. The first-order valence-corrected chi connectivity index (χ1v) is 10.8. The van der Waals surface area contributed by atoms with Gasteiger partial charge in [-0.05, 0) is 0 Å². The second kappa shape index (κ2) is 23.6. The molecule has 1 rings (SSSR count). The molecule has 1 aliphatic heterocycles. The van der Waals surface area contributed by atoms with Crippen LogP contribution in [0.25, 0.3) is 0 Å². The topological polar surface area (TPSA) is 151 Å². The fourth-order valence-corrected chi connectivity index (χ4v) is 1.74. The van der Waals surface area contributed by atoms with E-state index in [1.807, 2.05) is 15.6 Å². The Labute approximate surface area is 207 Å². The van der Waals surface area contributed by atoms with E-state index in [0.29, 0.717) is 4.32 Å². The molecule has 3 N–H and O–H groups in total. The number of carbonyl (C=O) groups is 4. The normalized spacial score (nSPS) is 11.5. The van der Waals surface area contributed by atoms with Crippen molar-refractivity contribution >= 4 is 112 Å². The fourth-order valence-electron chi connectivity index (χ4n) is 1.07. The van der Waals surface area contributed by atoms with E-state index in [4.69, 9.17) is 23.7 Å². The van der Waals surface area contributed by atoms with Crippen LogP contribution in [0.4, 0.5) is 0 Å². The van der Waals surface area contributed by atoms with Gasteiger partial charge in [-0.25, -0.2) is 5.01 Å². The molecule has 1 heterocycles. The number of thiol groups is 1. The van der Waals surface area contributed by atoms with Crippen LogP contribution >= 0.6 is 49.3 Å². The molecular weight excluding hydrogens is 588 g/mol. The van der Waals surface area contributed by atoms with Gasteiger partial charge in [0.2, 0.25) is 12.6 Å². The Balaban J connectivity index is -0.000000330. The number of ether oxygens (including phenoxy) is 1. The third-order valence-electron chi connectivity index (χ3n) is 1.93. The standard InChI is InChI=1S/C5H10N2OS2.2C3H3NO2S2.Mo.2O/c9-5(10)6-7-1-3-8-4-2-7;2*5-1-2(6)4-3(7)8;;;/h1-4H2,(H2,6,9,10);2*1H,(H2,4,6,7,8);;;/q;;;+2;;/p-2. The molecule has 0 radical (unpaired) electrons. The van der Waals surface area contributed by atoms with E-state index in [1.54, 1.807) is 0 Å². The Bertz CT molecular complexity index is 595. The maximum absolute atomic E-state index is 9.99. The van der Waals surface area contributed by atoms with Gasteiger partial charge < -0.3 is 70.5 Å². The van der Waals surface area contributed by atoms with E-state index in [0.717, 1.165) is 26.3 Å². The van der Waals surface area contributed by atoms with Gasteiger partial charge in [0.15, 0.2) is 0 Å². The van der Waals surface area contributed by atoms with Crippen molar-refractivity contribution in [2.45, 2.75) is 0 Å². The predicted molar refractivity (Wildman–Crippen MR) is 117 cm³/mol. The van der Waals surface area contributed by atoms with Crippen LogP contribution in [0.15, 0.2) is 0 Å². The summed E-state index contributed by atoms with van der Waals surface area (Å²) in [6.45, 7) is 3.29. The Hall–Kier alpha value is -0.652. The van der Waals surface area contributed by atoms with E-state index in [-0.39, 0.29) is 21.2 Å². The predicted octanol–water partition coefficient (Wildman–Crippen LogP) is -1.94. The van der Waals surface area contributed by atoms with Gasteiger partial charge in [0.05, 0.1) is 13.2 Å². The summed E-state index contributed by atoms with van der Waals surface area (Å²) in [4.78, 5) is 39.0. The van der Waals surface area contributed by atoms with Crippen molar-refractivity contribution in [1.29, 1.82) is 0 Å². The summed E-state index contributed by atoms with van der Waals surface area (Å²) in [6.07, 6.45) is 0.219. The molecule has 2 amide bonds. The van der Waals surface area contributed by atoms with Crippen LogP contribution < -0.4 is 16.1 Å². The van der Waals surface area contributed by atoms with Crippen LogP contribution in [0.3, 0.4) is 0 Å². The molecule has 18 heteroatoms. The summed E-state index contributed by atoms with van der Waals surface area (Å²) in [7, 11) is 0. The van der Waals surface area contributed by atoms with Gasteiger partial charge in [0.25, 0.3) is 11.8 Å². The van der Waals surface area contributed by atoms with Crippen molar-refractivity contribution in [3.05, 3.63) is 0 Å². The molecule has 0 aliphatic carbocycles. The minimum absolute atomic E-state index is 0.109. The van der Waals surface area contributed by atoms with E-state index in [2.05, 4.69) is 67.7 Å². The summed E-state index contributed by atoms with van der Waals surface area (Å²) in [5, 5.41) is 5.86. The zero-order chi connectivity index (χ0) is 23.2. The summed E-state index contributed by atoms with van der Waals surface area (Å²) in [6, 6.07) is 0. The molecule has 0 aromatic heterocycles. The zero-order valence-corrected chi connectivity index (χ0v) is 21.2. The summed E-state index contributed by atoms with van der Waals surface area (Å²) in [5.41, 5.74) is 2.93. The zero-order valence-electron chi connectivity index (χ0n) is 14.2. The van der Waals surface area contributed by atoms with Crippen LogP contribution in [0.1, 0.15) is 0 Å². The van der Waals surface area contributed by atoms with Gasteiger partial charge in [0.1, 0.15) is 4.32 Å². The average Bonchev–Trinajstić information content (AvgIpc) is 2.62. The van der Waals surface area contributed by atoms with E-state index < -0.39 is 30.3 Å². The summed E-state index contributed by atoms with van der Waals surface area (Å²) in [5.74, 6) is -1.60. The Morgan fingerprint density at radius 1 is 0.966 bits per heavy atom. The molecule has 11 nitrogen and oxygen atoms in total. The van der Waals surface area contributed by atoms with Crippen molar-refractivity contribution in [1.82, 2.24) is 21.1 Å². The first-order valence-electron chi connectivity index (χ1n) is 6.72. The molecule has 1 fully saturated rings.